The zero-order valence-electron chi connectivity index (χ0n) is 9.43. The van der Waals surface area contributed by atoms with Crippen molar-refractivity contribution in [2.24, 2.45) is 0 Å². The molecule has 0 fully saturated rings. The van der Waals surface area contributed by atoms with Crippen LogP contribution < -0.4 is 4.90 Å². The Labute approximate surface area is 103 Å². The number of anilines is 1. The molecule has 0 unspecified atom stereocenters. The van der Waals surface area contributed by atoms with Crippen molar-refractivity contribution in [1.82, 2.24) is 4.98 Å². The summed E-state index contributed by atoms with van der Waals surface area (Å²) in [5.74, 6) is -0.229. The van der Waals surface area contributed by atoms with Crippen molar-refractivity contribution in [1.29, 1.82) is 0 Å². The van der Waals surface area contributed by atoms with Gasteiger partial charge < -0.3 is 10.0 Å². The van der Waals surface area contributed by atoms with Crippen LogP contribution in [0.2, 0.25) is 0 Å². The fraction of sp³-hybridized carbons (Fsp3) is 0.250. The van der Waals surface area contributed by atoms with Gasteiger partial charge in [0.05, 0.1) is 11.5 Å². The van der Waals surface area contributed by atoms with E-state index in [2.05, 4.69) is 4.98 Å². The lowest BCUT2D eigenvalue weighted by molar-refractivity contribution is 0.285. The lowest BCUT2D eigenvalue weighted by Crippen LogP contribution is -2.15. The Morgan fingerprint density at radius 3 is 2.65 bits per heavy atom. The van der Waals surface area contributed by atoms with Crippen LogP contribution in [0, 0.1) is 5.82 Å². The number of aliphatic hydroxyl groups is 1. The zero-order valence-corrected chi connectivity index (χ0v) is 10.2. The highest BCUT2D eigenvalue weighted by atomic mass is 32.1. The lowest BCUT2D eigenvalue weighted by Gasteiger charge is -2.15. The zero-order chi connectivity index (χ0) is 12.3. The Kier molecular flexibility index (Phi) is 3.71. The summed E-state index contributed by atoms with van der Waals surface area (Å²) in [6.07, 6.45) is 1.67. The van der Waals surface area contributed by atoms with Crippen LogP contribution in [0.5, 0.6) is 0 Å². The van der Waals surface area contributed by atoms with Gasteiger partial charge in [-0.2, -0.15) is 0 Å². The summed E-state index contributed by atoms with van der Waals surface area (Å²) in [6.45, 7) is 0.681. The van der Waals surface area contributed by atoms with Gasteiger partial charge in [0.1, 0.15) is 5.82 Å². The average molecular weight is 252 g/mol. The molecule has 2 aromatic rings. The molecular weight excluding hydrogens is 239 g/mol. The van der Waals surface area contributed by atoms with Crippen LogP contribution in [-0.2, 0) is 13.2 Å². The molecule has 90 valence electrons. The molecule has 0 aliphatic rings. The van der Waals surface area contributed by atoms with Gasteiger partial charge in [-0.1, -0.05) is 23.5 Å². The molecule has 3 nitrogen and oxygen atoms in total. The summed E-state index contributed by atoms with van der Waals surface area (Å²) < 4.78 is 12.7. The second kappa shape index (κ2) is 5.25. The van der Waals surface area contributed by atoms with Crippen molar-refractivity contribution in [3.8, 4) is 0 Å². The first-order valence-electron chi connectivity index (χ1n) is 5.20. The number of nitrogens with zero attached hydrogens (tertiary/aromatic N) is 2. The molecule has 0 saturated heterocycles. The number of rotatable bonds is 4. The predicted molar refractivity (Wildman–Crippen MR) is 66.5 cm³/mol. The van der Waals surface area contributed by atoms with E-state index in [1.807, 2.05) is 11.9 Å². The Morgan fingerprint density at radius 1 is 1.35 bits per heavy atom. The molecule has 0 aliphatic carbocycles. The smallest absolute Gasteiger partial charge is 0.185 e. The summed E-state index contributed by atoms with van der Waals surface area (Å²) in [6, 6.07) is 6.41. The summed E-state index contributed by atoms with van der Waals surface area (Å²) >= 11 is 1.45. The topological polar surface area (TPSA) is 36.4 Å². The molecule has 0 spiro atoms. The summed E-state index contributed by atoms with van der Waals surface area (Å²) in [5.41, 5.74) is 1.02. The Bertz CT molecular complexity index is 484. The van der Waals surface area contributed by atoms with Gasteiger partial charge in [-0.05, 0) is 17.7 Å². The van der Waals surface area contributed by atoms with Crippen molar-refractivity contribution >= 4 is 16.5 Å². The van der Waals surface area contributed by atoms with Gasteiger partial charge in [-0.15, -0.1) is 0 Å². The Morgan fingerprint density at radius 2 is 2.06 bits per heavy atom. The van der Waals surface area contributed by atoms with Crippen molar-refractivity contribution in [2.75, 3.05) is 11.9 Å². The predicted octanol–water partition coefficient (Wildman–Crippen LogP) is 2.41. The Hall–Kier alpha value is -1.46. The second-order valence-corrected chi connectivity index (χ2v) is 4.84. The van der Waals surface area contributed by atoms with E-state index in [0.29, 0.717) is 6.54 Å². The third-order valence-electron chi connectivity index (χ3n) is 2.36. The minimum Gasteiger partial charge on any atom is -0.391 e. The Balaban J connectivity index is 2.05. The first kappa shape index (κ1) is 12.0. The monoisotopic (exact) mass is 252 g/mol. The van der Waals surface area contributed by atoms with Crippen LogP contribution in [0.25, 0.3) is 0 Å². The number of hydrogen-bond donors (Lipinski definition) is 1. The van der Waals surface area contributed by atoms with Gasteiger partial charge in [0.2, 0.25) is 0 Å². The molecule has 5 heteroatoms. The van der Waals surface area contributed by atoms with Crippen LogP contribution in [0.3, 0.4) is 0 Å². The molecule has 0 amide bonds. The van der Waals surface area contributed by atoms with E-state index in [4.69, 9.17) is 5.11 Å². The van der Waals surface area contributed by atoms with Crippen LogP contribution in [-0.4, -0.2) is 17.1 Å². The standard InChI is InChI=1S/C12H13FN2OS/c1-15(12-14-6-11(8-16)17-12)7-9-2-4-10(13)5-3-9/h2-6,16H,7-8H2,1H3. The number of hydrogen-bond acceptors (Lipinski definition) is 4. The molecule has 0 bridgehead atoms. The van der Waals surface area contributed by atoms with E-state index in [1.165, 1.54) is 23.5 Å². The molecule has 0 aliphatic heterocycles. The summed E-state index contributed by atoms with van der Waals surface area (Å²) in [7, 11) is 1.92. The van der Waals surface area contributed by atoms with Crippen LogP contribution in [0.1, 0.15) is 10.4 Å². The van der Waals surface area contributed by atoms with Crippen molar-refractivity contribution in [3.05, 3.63) is 46.7 Å². The minimum atomic E-state index is -0.229. The number of aliphatic hydroxyl groups excluding tert-OH is 1. The fourth-order valence-electron chi connectivity index (χ4n) is 1.48. The maximum Gasteiger partial charge on any atom is 0.185 e. The first-order chi connectivity index (χ1) is 8.19. The van der Waals surface area contributed by atoms with E-state index in [0.717, 1.165) is 15.6 Å². The number of aromatic nitrogens is 1. The highest BCUT2D eigenvalue weighted by Gasteiger charge is 2.07. The SMILES string of the molecule is CN(Cc1ccc(F)cc1)c1ncc(CO)s1. The van der Waals surface area contributed by atoms with Crippen LogP contribution in [0.15, 0.2) is 30.5 Å². The number of benzene rings is 1. The van der Waals surface area contributed by atoms with E-state index < -0.39 is 0 Å². The van der Waals surface area contributed by atoms with Gasteiger partial charge in [0.25, 0.3) is 0 Å². The minimum absolute atomic E-state index is 0.0159. The van der Waals surface area contributed by atoms with Crippen molar-refractivity contribution in [3.63, 3.8) is 0 Å². The molecule has 1 aromatic carbocycles. The molecule has 1 N–H and O–H groups in total. The van der Waals surface area contributed by atoms with E-state index in [-0.39, 0.29) is 12.4 Å². The lowest BCUT2D eigenvalue weighted by atomic mass is 10.2. The number of halogens is 1. The van der Waals surface area contributed by atoms with Crippen molar-refractivity contribution in [2.45, 2.75) is 13.2 Å². The third-order valence-corrected chi connectivity index (χ3v) is 3.45. The van der Waals surface area contributed by atoms with Gasteiger partial charge >= 0.3 is 0 Å². The van der Waals surface area contributed by atoms with Gasteiger partial charge in [0, 0.05) is 19.8 Å². The van der Waals surface area contributed by atoms with Crippen LogP contribution >= 0.6 is 11.3 Å². The molecule has 1 aromatic heterocycles. The number of thiazole rings is 1. The largest absolute Gasteiger partial charge is 0.391 e. The molecule has 2 rings (SSSR count). The molecule has 0 radical (unpaired) electrons. The fourth-order valence-corrected chi connectivity index (χ4v) is 2.21. The summed E-state index contributed by atoms with van der Waals surface area (Å²) in [4.78, 5) is 7.02. The van der Waals surface area contributed by atoms with E-state index in [1.54, 1.807) is 18.3 Å². The average Bonchev–Trinajstić information content (AvgIpc) is 2.81. The van der Waals surface area contributed by atoms with Crippen molar-refractivity contribution < 1.29 is 9.50 Å². The molecule has 17 heavy (non-hydrogen) atoms. The highest BCUT2D eigenvalue weighted by molar-refractivity contribution is 7.15. The van der Waals surface area contributed by atoms with Gasteiger partial charge in [-0.3, -0.25) is 0 Å². The maximum absolute atomic E-state index is 12.7. The summed E-state index contributed by atoms with van der Waals surface area (Å²) in [5, 5.41) is 9.81. The van der Waals surface area contributed by atoms with Crippen LogP contribution in [0.4, 0.5) is 9.52 Å². The second-order valence-electron chi connectivity index (χ2n) is 3.75. The van der Waals surface area contributed by atoms with E-state index >= 15 is 0 Å². The van der Waals surface area contributed by atoms with E-state index in [9.17, 15) is 4.39 Å². The third kappa shape index (κ3) is 3.01. The van der Waals surface area contributed by atoms with Gasteiger partial charge in [-0.25, -0.2) is 9.37 Å². The maximum atomic E-state index is 12.7. The molecular formula is C12H13FN2OS. The highest BCUT2D eigenvalue weighted by Crippen LogP contribution is 2.22. The van der Waals surface area contributed by atoms with Gasteiger partial charge in [0.15, 0.2) is 5.13 Å². The molecule has 1 heterocycles. The first-order valence-corrected chi connectivity index (χ1v) is 6.02. The quantitative estimate of drug-likeness (QED) is 0.907. The molecule has 0 saturated carbocycles. The molecule has 0 atom stereocenters. The normalized spacial score (nSPS) is 10.5.